The van der Waals surface area contributed by atoms with E-state index in [1.54, 1.807) is 0 Å². The highest BCUT2D eigenvalue weighted by Gasteiger charge is 2.25. The third-order valence-electron chi connectivity index (χ3n) is 3.58. The molecule has 2 heterocycles. The normalized spacial score (nSPS) is 24.1. The van der Waals surface area contributed by atoms with Gasteiger partial charge >= 0.3 is 5.97 Å². The number of hydrogen-bond donors (Lipinski definition) is 0. The van der Waals surface area contributed by atoms with Gasteiger partial charge in [0.25, 0.3) is 0 Å². The van der Waals surface area contributed by atoms with Crippen molar-refractivity contribution in [1.82, 2.24) is 0 Å². The summed E-state index contributed by atoms with van der Waals surface area (Å²) in [5.74, 6) is 0.135. The molecule has 3 rings (SSSR count). The molecule has 4 heteroatoms. The van der Waals surface area contributed by atoms with E-state index in [0.29, 0.717) is 13.0 Å². The monoisotopic (exact) mass is 247 g/mol. The molecule has 96 valence electrons. The lowest BCUT2D eigenvalue weighted by Gasteiger charge is -2.29. The van der Waals surface area contributed by atoms with Crippen LogP contribution in [0.15, 0.2) is 24.3 Å². The standard InChI is InChI=1S/C14H17NO3/c16-14-9-12(10-18-14)11-2-1-3-13(8-11)15-4-6-17-7-5-15/h1-3,8,12H,4-7,9-10H2/t12-/m1/s1. The van der Waals surface area contributed by atoms with E-state index in [4.69, 9.17) is 9.47 Å². The molecule has 4 nitrogen and oxygen atoms in total. The van der Waals surface area contributed by atoms with Crippen LogP contribution in [0.4, 0.5) is 5.69 Å². The number of carbonyl (C=O) groups excluding carboxylic acids is 1. The zero-order chi connectivity index (χ0) is 12.4. The Morgan fingerprint density at radius 1 is 1.22 bits per heavy atom. The lowest BCUT2D eigenvalue weighted by molar-refractivity contribution is -0.137. The van der Waals surface area contributed by atoms with Gasteiger partial charge in [-0.15, -0.1) is 0 Å². The van der Waals surface area contributed by atoms with Gasteiger partial charge in [0.05, 0.1) is 26.2 Å². The zero-order valence-corrected chi connectivity index (χ0v) is 10.3. The van der Waals surface area contributed by atoms with Crippen molar-refractivity contribution in [2.75, 3.05) is 37.8 Å². The van der Waals surface area contributed by atoms with Crippen LogP contribution in [0.1, 0.15) is 17.9 Å². The second-order valence-electron chi connectivity index (χ2n) is 4.78. The van der Waals surface area contributed by atoms with Crippen molar-refractivity contribution in [3.05, 3.63) is 29.8 Å². The van der Waals surface area contributed by atoms with Crippen molar-refractivity contribution in [2.24, 2.45) is 0 Å². The summed E-state index contributed by atoms with van der Waals surface area (Å²) in [4.78, 5) is 13.5. The molecule has 1 aromatic rings. The summed E-state index contributed by atoms with van der Waals surface area (Å²) in [6.45, 7) is 3.96. The Labute approximate surface area is 106 Å². The molecular formula is C14H17NO3. The fourth-order valence-electron chi connectivity index (χ4n) is 2.52. The third-order valence-corrected chi connectivity index (χ3v) is 3.58. The van der Waals surface area contributed by atoms with Crippen molar-refractivity contribution < 1.29 is 14.3 Å². The summed E-state index contributed by atoms with van der Waals surface area (Å²) < 4.78 is 10.4. The second-order valence-corrected chi connectivity index (χ2v) is 4.78. The number of nitrogens with zero attached hydrogens (tertiary/aromatic N) is 1. The first kappa shape index (κ1) is 11.5. The molecule has 18 heavy (non-hydrogen) atoms. The molecule has 2 saturated heterocycles. The predicted molar refractivity (Wildman–Crippen MR) is 67.8 cm³/mol. The average molecular weight is 247 g/mol. The summed E-state index contributed by atoms with van der Waals surface area (Å²) in [5.41, 5.74) is 2.42. The van der Waals surface area contributed by atoms with Gasteiger partial charge < -0.3 is 14.4 Å². The average Bonchev–Trinajstić information content (AvgIpc) is 2.87. The number of anilines is 1. The Morgan fingerprint density at radius 3 is 2.78 bits per heavy atom. The van der Waals surface area contributed by atoms with Crippen molar-refractivity contribution in [3.63, 3.8) is 0 Å². The van der Waals surface area contributed by atoms with Crippen LogP contribution in [0.2, 0.25) is 0 Å². The van der Waals surface area contributed by atoms with E-state index in [0.717, 1.165) is 26.3 Å². The van der Waals surface area contributed by atoms with Crippen molar-refractivity contribution >= 4 is 11.7 Å². The van der Waals surface area contributed by atoms with Gasteiger partial charge in [-0.05, 0) is 17.7 Å². The summed E-state index contributed by atoms with van der Waals surface area (Å²) in [5, 5.41) is 0. The molecule has 1 aromatic carbocycles. The number of rotatable bonds is 2. The van der Waals surface area contributed by atoms with Crippen molar-refractivity contribution in [1.29, 1.82) is 0 Å². The van der Waals surface area contributed by atoms with Gasteiger partial charge in [-0.25, -0.2) is 0 Å². The maximum absolute atomic E-state index is 11.2. The van der Waals surface area contributed by atoms with E-state index in [1.165, 1.54) is 11.3 Å². The van der Waals surface area contributed by atoms with E-state index >= 15 is 0 Å². The quantitative estimate of drug-likeness (QED) is 0.743. The van der Waals surface area contributed by atoms with Crippen molar-refractivity contribution in [3.8, 4) is 0 Å². The van der Waals surface area contributed by atoms with E-state index in [2.05, 4.69) is 29.2 Å². The first-order chi connectivity index (χ1) is 8.83. The van der Waals surface area contributed by atoms with Crippen molar-refractivity contribution in [2.45, 2.75) is 12.3 Å². The summed E-state index contributed by atoms with van der Waals surface area (Å²) >= 11 is 0. The minimum Gasteiger partial charge on any atom is -0.465 e. The number of carbonyl (C=O) groups is 1. The molecule has 2 aliphatic rings. The van der Waals surface area contributed by atoms with E-state index in [1.807, 2.05) is 0 Å². The summed E-state index contributed by atoms with van der Waals surface area (Å²) in [6.07, 6.45) is 0.507. The topological polar surface area (TPSA) is 38.8 Å². The maximum atomic E-state index is 11.2. The van der Waals surface area contributed by atoms with E-state index in [-0.39, 0.29) is 11.9 Å². The highest BCUT2D eigenvalue weighted by atomic mass is 16.5. The number of morpholine rings is 1. The molecule has 0 saturated carbocycles. The number of hydrogen-bond acceptors (Lipinski definition) is 4. The van der Waals surface area contributed by atoms with Gasteiger partial charge in [0, 0.05) is 24.7 Å². The van der Waals surface area contributed by atoms with Gasteiger partial charge in [-0.3, -0.25) is 4.79 Å². The predicted octanol–water partition coefficient (Wildman–Crippen LogP) is 1.55. The molecule has 0 unspecified atom stereocenters. The minimum atomic E-state index is -0.0863. The first-order valence-corrected chi connectivity index (χ1v) is 6.41. The molecule has 0 radical (unpaired) electrons. The van der Waals surface area contributed by atoms with Gasteiger partial charge in [0.1, 0.15) is 0 Å². The summed E-state index contributed by atoms with van der Waals surface area (Å²) in [6, 6.07) is 8.43. The molecule has 0 bridgehead atoms. The molecule has 2 aliphatic heterocycles. The van der Waals surface area contributed by atoms with Crippen LogP contribution in [0, 0.1) is 0 Å². The molecule has 0 spiro atoms. The molecule has 0 amide bonds. The summed E-state index contributed by atoms with van der Waals surface area (Å²) in [7, 11) is 0. The van der Waals surface area contributed by atoms with E-state index in [9.17, 15) is 4.79 Å². The Hall–Kier alpha value is -1.55. The minimum absolute atomic E-state index is 0.0863. The molecule has 1 atom stereocenters. The van der Waals surface area contributed by atoms with Crippen LogP contribution in [0.3, 0.4) is 0 Å². The van der Waals surface area contributed by atoms with Gasteiger partial charge in [0.15, 0.2) is 0 Å². The fraction of sp³-hybridized carbons (Fsp3) is 0.500. The van der Waals surface area contributed by atoms with Gasteiger partial charge in [0.2, 0.25) is 0 Å². The molecular weight excluding hydrogens is 230 g/mol. The SMILES string of the molecule is O=C1C[C@@H](c2cccc(N3CCOCC3)c2)CO1. The largest absolute Gasteiger partial charge is 0.465 e. The molecule has 2 fully saturated rings. The second kappa shape index (κ2) is 4.98. The Kier molecular flexibility index (Phi) is 3.19. The van der Waals surface area contributed by atoms with Crippen LogP contribution in [0.5, 0.6) is 0 Å². The number of esters is 1. The lowest BCUT2D eigenvalue weighted by Crippen LogP contribution is -2.36. The van der Waals surface area contributed by atoms with Crippen LogP contribution in [-0.4, -0.2) is 38.9 Å². The number of ether oxygens (including phenoxy) is 2. The third kappa shape index (κ3) is 2.34. The fourth-order valence-corrected chi connectivity index (χ4v) is 2.52. The van der Waals surface area contributed by atoms with Crippen LogP contribution < -0.4 is 4.90 Å². The Morgan fingerprint density at radius 2 is 2.06 bits per heavy atom. The smallest absolute Gasteiger partial charge is 0.306 e. The zero-order valence-electron chi connectivity index (χ0n) is 10.3. The highest BCUT2D eigenvalue weighted by molar-refractivity contribution is 5.73. The lowest BCUT2D eigenvalue weighted by atomic mass is 9.98. The maximum Gasteiger partial charge on any atom is 0.306 e. The molecule has 0 aliphatic carbocycles. The van der Waals surface area contributed by atoms with Gasteiger partial charge in [-0.2, -0.15) is 0 Å². The first-order valence-electron chi connectivity index (χ1n) is 6.41. The number of cyclic esters (lactones) is 1. The van der Waals surface area contributed by atoms with Crippen LogP contribution in [0.25, 0.3) is 0 Å². The van der Waals surface area contributed by atoms with Crippen LogP contribution >= 0.6 is 0 Å². The molecule has 0 aromatic heterocycles. The Bertz CT molecular complexity index is 440. The highest BCUT2D eigenvalue weighted by Crippen LogP contribution is 2.29. The van der Waals surface area contributed by atoms with E-state index < -0.39 is 0 Å². The molecule has 0 N–H and O–H groups in total. The Balaban J connectivity index is 1.78. The number of benzene rings is 1. The van der Waals surface area contributed by atoms with Crippen LogP contribution in [-0.2, 0) is 14.3 Å². The van der Waals surface area contributed by atoms with Gasteiger partial charge in [-0.1, -0.05) is 12.1 Å².